The van der Waals surface area contributed by atoms with Crippen LogP contribution in [0.3, 0.4) is 0 Å². The fourth-order valence-electron chi connectivity index (χ4n) is 1.17. The van der Waals surface area contributed by atoms with Crippen molar-refractivity contribution in [3.05, 3.63) is 39.9 Å². The Morgan fingerprint density at radius 2 is 2.35 bits per heavy atom. The lowest BCUT2D eigenvalue weighted by atomic mass is 10.1. The first-order valence-electron chi connectivity index (χ1n) is 5.22. The Hall–Kier alpha value is -1.60. The molecule has 0 saturated carbocycles. The van der Waals surface area contributed by atoms with Gasteiger partial charge in [0.15, 0.2) is 0 Å². The average molecular weight is 294 g/mol. The number of halogens is 1. The zero-order chi connectivity index (χ0) is 12.7. The molecule has 0 aromatic heterocycles. The maximum absolute atomic E-state index is 11.5. The van der Waals surface area contributed by atoms with E-state index >= 15 is 0 Å². The first-order chi connectivity index (χ1) is 8.17. The molecule has 3 nitrogen and oxygen atoms in total. The Balaban J connectivity index is 2.87. The van der Waals surface area contributed by atoms with Gasteiger partial charge in [0.05, 0.1) is 6.61 Å². The van der Waals surface area contributed by atoms with E-state index in [1.54, 1.807) is 0 Å². The highest BCUT2D eigenvalue weighted by Crippen LogP contribution is 2.14. The van der Waals surface area contributed by atoms with Crippen molar-refractivity contribution in [2.24, 2.45) is 0 Å². The van der Waals surface area contributed by atoms with E-state index in [1.807, 2.05) is 37.3 Å². The summed E-state index contributed by atoms with van der Waals surface area (Å²) < 4.78 is 5.80. The standard InChI is InChI=1S/C13H12BrNO2/c1-2-6-17-13(16)11(9-15)7-10-4-3-5-12(14)8-10/h3-5,7-8H,2,6H2,1H3/b11-7+. The Kier molecular flexibility index (Phi) is 5.44. The first-order valence-corrected chi connectivity index (χ1v) is 6.01. The molecule has 0 heterocycles. The van der Waals surface area contributed by atoms with Crippen molar-refractivity contribution < 1.29 is 9.53 Å². The maximum Gasteiger partial charge on any atom is 0.348 e. The lowest BCUT2D eigenvalue weighted by molar-refractivity contribution is -0.138. The summed E-state index contributed by atoms with van der Waals surface area (Å²) in [5, 5.41) is 8.90. The minimum absolute atomic E-state index is 0.0107. The minimum atomic E-state index is -0.575. The molecule has 1 aromatic rings. The quantitative estimate of drug-likeness (QED) is 0.486. The Morgan fingerprint density at radius 3 is 2.94 bits per heavy atom. The van der Waals surface area contributed by atoms with Crippen molar-refractivity contribution in [2.75, 3.05) is 6.61 Å². The molecule has 1 rings (SSSR count). The van der Waals surface area contributed by atoms with Crippen LogP contribution in [0.1, 0.15) is 18.9 Å². The number of carbonyl (C=O) groups excluding carboxylic acids is 1. The van der Waals surface area contributed by atoms with Crippen LogP contribution in [0.25, 0.3) is 6.08 Å². The normalized spacial score (nSPS) is 10.8. The molecule has 0 unspecified atom stereocenters. The third-order valence-electron chi connectivity index (χ3n) is 1.94. The lowest BCUT2D eigenvalue weighted by Crippen LogP contribution is -2.07. The van der Waals surface area contributed by atoms with Crippen LogP contribution in [0.2, 0.25) is 0 Å². The number of hydrogen-bond acceptors (Lipinski definition) is 3. The van der Waals surface area contributed by atoms with Gasteiger partial charge in [0.25, 0.3) is 0 Å². The number of carbonyl (C=O) groups is 1. The van der Waals surface area contributed by atoms with Gasteiger partial charge in [-0.05, 0) is 30.2 Å². The second-order valence-corrected chi connectivity index (χ2v) is 4.28. The molecular formula is C13H12BrNO2. The maximum atomic E-state index is 11.5. The molecule has 0 N–H and O–H groups in total. The van der Waals surface area contributed by atoms with Crippen LogP contribution in [-0.4, -0.2) is 12.6 Å². The minimum Gasteiger partial charge on any atom is -0.462 e. The van der Waals surface area contributed by atoms with Gasteiger partial charge in [0, 0.05) is 4.47 Å². The zero-order valence-electron chi connectivity index (χ0n) is 9.44. The molecule has 0 radical (unpaired) electrons. The Morgan fingerprint density at radius 1 is 1.59 bits per heavy atom. The van der Waals surface area contributed by atoms with Crippen LogP contribution in [0.5, 0.6) is 0 Å². The zero-order valence-corrected chi connectivity index (χ0v) is 11.0. The molecule has 4 heteroatoms. The fourth-order valence-corrected chi connectivity index (χ4v) is 1.59. The monoisotopic (exact) mass is 293 g/mol. The van der Waals surface area contributed by atoms with Crippen molar-refractivity contribution in [3.63, 3.8) is 0 Å². The summed E-state index contributed by atoms with van der Waals surface area (Å²) in [5.41, 5.74) is 0.793. The van der Waals surface area contributed by atoms with Gasteiger partial charge in [-0.15, -0.1) is 0 Å². The largest absolute Gasteiger partial charge is 0.462 e. The topological polar surface area (TPSA) is 50.1 Å². The smallest absolute Gasteiger partial charge is 0.348 e. The number of rotatable bonds is 4. The molecule has 17 heavy (non-hydrogen) atoms. The van der Waals surface area contributed by atoms with Crippen LogP contribution in [0, 0.1) is 11.3 Å². The number of nitriles is 1. The Labute approximate surface area is 109 Å². The summed E-state index contributed by atoms with van der Waals surface area (Å²) in [4.78, 5) is 11.5. The van der Waals surface area contributed by atoms with Crippen LogP contribution in [0.15, 0.2) is 34.3 Å². The van der Waals surface area contributed by atoms with Crippen LogP contribution in [0.4, 0.5) is 0 Å². The van der Waals surface area contributed by atoms with Gasteiger partial charge < -0.3 is 4.74 Å². The molecule has 1 aromatic carbocycles. The van der Waals surface area contributed by atoms with Gasteiger partial charge in [-0.2, -0.15) is 5.26 Å². The van der Waals surface area contributed by atoms with E-state index in [1.165, 1.54) is 6.08 Å². The highest BCUT2D eigenvalue weighted by molar-refractivity contribution is 9.10. The van der Waals surface area contributed by atoms with Crippen molar-refractivity contribution in [1.82, 2.24) is 0 Å². The van der Waals surface area contributed by atoms with Crippen LogP contribution < -0.4 is 0 Å². The van der Waals surface area contributed by atoms with Gasteiger partial charge in [0.2, 0.25) is 0 Å². The molecular weight excluding hydrogens is 282 g/mol. The molecule has 0 aliphatic heterocycles. The molecule has 0 aliphatic carbocycles. The summed E-state index contributed by atoms with van der Waals surface area (Å²) in [6, 6.07) is 9.20. The van der Waals surface area contributed by atoms with Crippen LogP contribution >= 0.6 is 15.9 Å². The van der Waals surface area contributed by atoms with Crippen LogP contribution in [-0.2, 0) is 9.53 Å². The molecule has 0 spiro atoms. The van der Waals surface area contributed by atoms with E-state index in [9.17, 15) is 4.79 Å². The van der Waals surface area contributed by atoms with Gasteiger partial charge in [-0.3, -0.25) is 0 Å². The van der Waals surface area contributed by atoms with E-state index in [0.29, 0.717) is 6.61 Å². The molecule has 0 atom stereocenters. The number of esters is 1. The third kappa shape index (κ3) is 4.41. The summed E-state index contributed by atoms with van der Waals surface area (Å²) >= 11 is 3.32. The van der Waals surface area contributed by atoms with Gasteiger partial charge in [-0.25, -0.2) is 4.79 Å². The van der Waals surface area contributed by atoms with Crippen molar-refractivity contribution in [3.8, 4) is 6.07 Å². The first kappa shape index (κ1) is 13.5. The second kappa shape index (κ2) is 6.87. The molecule has 0 bridgehead atoms. The number of nitrogens with zero attached hydrogens (tertiary/aromatic N) is 1. The predicted molar refractivity (Wildman–Crippen MR) is 69.0 cm³/mol. The highest BCUT2D eigenvalue weighted by Gasteiger charge is 2.09. The fraction of sp³-hybridized carbons (Fsp3) is 0.231. The number of hydrogen-bond donors (Lipinski definition) is 0. The second-order valence-electron chi connectivity index (χ2n) is 3.36. The highest BCUT2D eigenvalue weighted by atomic mass is 79.9. The van der Waals surface area contributed by atoms with Crippen molar-refractivity contribution >= 4 is 28.0 Å². The van der Waals surface area contributed by atoms with Gasteiger partial charge in [-0.1, -0.05) is 35.0 Å². The van der Waals surface area contributed by atoms with Crippen molar-refractivity contribution in [1.29, 1.82) is 5.26 Å². The molecule has 0 saturated heterocycles. The van der Waals surface area contributed by atoms with E-state index in [0.717, 1.165) is 16.5 Å². The third-order valence-corrected chi connectivity index (χ3v) is 2.43. The number of ether oxygens (including phenoxy) is 1. The average Bonchev–Trinajstić information content (AvgIpc) is 2.33. The molecule has 0 amide bonds. The molecule has 0 aliphatic rings. The summed E-state index contributed by atoms with van der Waals surface area (Å²) in [7, 11) is 0. The van der Waals surface area contributed by atoms with E-state index < -0.39 is 5.97 Å². The number of benzene rings is 1. The summed E-state index contributed by atoms with van der Waals surface area (Å²) in [6.45, 7) is 2.23. The molecule has 88 valence electrons. The lowest BCUT2D eigenvalue weighted by Gasteiger charge is -2.01. The Bertz CT molecular complexity index is 475. The summed E-state index contributed by atoms with van der Waals surface area (Å²) in [6.07, 6.45) is 2.25. The predicted octanol–water partition coefficient (Wildman–Crippen LogP) is 3.31. The summed E-state index contributed by atoms with van der Waals surface area (Å²) in [5.74, 6) is -0.575. The van der Waals surface area contributed by atoms with E-state index in [4.69, 9.17) is 10.00 Å². The van der Waals surface area contributed by atoms with Crippen molar-refractivity contribution in [2.45, 2.75) is 13.3 Å². The SMILES string of the molecule is CCCOC(=O)/C(C#N)=C/c1cccc(Br)c1. The van der Waals surface area contributed by atoms with Gasteiger partial charge in [0.1, 0.15) is 11.6 Å². The molecule has 0 fully saturated rings. The van der Waals surface area contributed by atoms with E-state index in [2.05, 4.69) is 15.9 Å². The van der Waals surface area contributed by atoms with E-state index in [-0.39, 0.29) is 5.57 Å². The van der Waals surface area contributed by atoms with Gasteiger partial charge >= 0.3 is 5.97 Å².